The molecule has 2 N–H and O–H groups in total. The first-order valence-electron chi connectivity index (χ1n) is 7.70. The van der Waals surface area contributed by atoms with Crippen LogP contribution >= 0.6 is 0 Å². The first kappa shape index (κ1) is 13.0. The summed E-state index contributed by atoms with van der Waals surface area (Å²) in [7, 11) is 0. The third-order valence-corrected chi connectivity index (χ3v) is 4.69. The lowest BCUT2D eigenvalue weighted by Gasteiger charge is -2.30. The Morgan fingerprint density at radius 2 is 1.95 bits per heavy atom. The van der Waals surface area contributed by atoms with Gasteiger partial charge in [0.2, 0.25) is 0 Å². The molecule has 0 spiro atoms. The lowest BCUT2D eigenvalue weighted by molar-refractivity contribution is 0.169. The summed E-state index contributed by atoms with van der Waals surface area (Å²) in [6, 6.07) is 6.50. The molecular weight excluding hydrogens is 234 g/mol. The Balaban J connectivity index is 1.66. The normalized spacial score (nSPS) is 25.5. The maximum atomic E-state index is 6.62. The monoisotopic (exact) mass is 259 g/mol. The second-order valence-corrected chi connectivity index (χ2v) is 6.54. The van der Waals surface area contributed by atoms with Crippen LogP contribution < -0.4 is 10.5 Å². The summed E-state index contributed by atoms with van der Waals surface area (Å²) in [6.45, 7) is 2.14. The van der Waals surface area contributed by atoms with Gasteiger partial charge in [0.25, 0.3) is 0 Å². The molecule has 1 unspecified atom stereocenters. The van der Waals surface area contributed by atoms with E-state index in [1.807, 2.05) is 0 Å². The highest BCUT2D eigenvalue weighted by Gasteiger charge is 2.33. The number of nitrogens with two attached hydrogens (primary N) is 1. The molecule has 1 aromatic rings. The van der Waals surface area contributed by atoms with Crippen LogP contribution in [-0.4, -0.2) is 11.6 Å². The number of hydrogen-bond acceptors (Lipinski definition) is 2. The van der Waals surface area contributed by atoms with Gasteiger partial charge in [0, 0.05) is 18.4 Å². The third kappa shape index (κ3) is 2.94. The zero-order valence-electron chi connectivity index (χ0n) is 12.0. The Bertz CT molecular complexity index is 447. The second kappa shape index (κ2) is 5.16. The highest BCUT2D eigenvalue weighted by molar-refractivity contribution is 5.40. The van der Waals surface area contributed by atoms with E-state index >= 15 is 0 Å². The van der Waals surface area contributed by atoms with Gasteiger partial charge in [0.15, 0.2) is 0 Å². The van der Waals surface area contributed by atoms with E-state index in [1.54, 1.807) is 0 Å². The van der Waals surface area contributed by atoms with Crippen LogP contribution in [0.15, 0.2) is 18.2 Å². The fourth-order valence-electron chi connectivity index (χ4n) is 3.65. The molecule has 1 aliphatic heterocycles. The molecule has 0 bridgehead atoms. The Labute approximate surface area is 116 Å². The van der Waals surface area contributed by atoms with Gasteiger partial charge in [0.1, 0.15) is 11.9 Å². The minimum Gasteiger partial charge on any atom is -0.490 e. The van der Waals surface area contributed by atoms with Crippen LogP contribution in [0, 0.1) is 6.92 Å². The summed E-state index contributed by atoms with van der Waals surface area (Å²) in [4.78, 5) is 0. The van der Waals surface area contributed by atoms with Gasteiger partial charge >= 0.3 is 0 Å². The first-order chi connectivity index (χ1) is 9.15. The molecule has 0 radical (unpaired) electrons. The quantitative estimate of drug-likeness (QED) is 0.821. The molecule has 2 aliphatic rings. The maximum Gasteiger partial charge on any atom is 0.123 e. The minimum absolute atomic E-state index is 0.0122. The van der Waals surface area contributed by atoms with Gasteiger partial charge in [-0.2, -0.15) is 0 Å². The molecule has 1 atom stereocenters. The van der Waals surface area contributed by atoms with Crippen molar-refractivity contribution in [3.05, 3.63) is 29.3 Å². The van der Waals surface area contributed by atoms with Gasteiger partial charge in [-0.1, -0.05) is 43.4 Å². The first-order valence-corrected chi connectivity index (χ1v) is 7.70. The standard InChI is InChI=1S/C17H25NO/c1-13-6-7-16-14(10-13)11-15(19-16)12-17(18)8-4-2-3-5-9-17/h6-7,10,15H,2-5,8-9,11-12,18H2,1H3. The molecule has 1 fully saturated rings. The average molecular weight is 259 g/mol. The third-order valence-electron chi connectivity index (χ3n) is 4.69. The summed E-state index contributed by atoms with van der Waals surface area (Å²) in [5.41, 5.74) is 9.32. The summed E-state index contributed by atoms with van der Waals surface area (Å²) in [5, 5.41) is 0. The van der Waals surface area contributed by atoms with Crippen molar-refractivity contribution < 1.29 is 4.74 Å². The molecule has 3 rings (SSSR count). The second-order valence-electron chi connectivity index (χ2n) is 6.54. The maximum absolute atomic E-state index is 6.62. The lowest BCUT2D eigenvalue weighted by atomic mass is 9.85. The van der Waals surface area contributed by atoms with Crippen molar-refractivity contribution in [1.82, 2.24) is 0 Å². The van der Waals surface area contributed by atoms with E-state index in [0.29, 0.717) is 6.10 Å². The van der Waals surface area contributed by atoms with Gasteiger partial charge in [-0.25, -0.2) is 0 Å². The van der Waals surface area contributed by atoms with Gasteiger partial charge < -0.3 is 10.5 Å². The number of benzene rings is 1. The SMILES string of the molecule is Cc1ccc2c(c1)CC(CC1(N)CCCCCC1)O2. The molecule has 2 heteroatoms. The van der Waals surface area contributed by atoms with E-state index < -0.39 is 0 Å². The number of ether oxygens (including phenoxy) is 1. The molecule has 1 saturated carbocycles. The van der Waals surface area contributed by atoms with E-state index in [1.165, 1.54) is 49.7 Å². The summed E-state index contributed by atoms with van der Waals surface area (Å²) >= 11 is 0. The van der Waals surface area contributed by atoms with Crippen molar-refractivity contribution in [3.8, 4) is 5.75 Å². The minimum atomic E-state index is 0.0122. The van der Waals surface area contributed by atoms with Crippen LogP contribution in [0.3, 0.4) is 0 Å². The predicted octanol–water partition coefficient (Wildman–Crippen LogP) is 3.74. The summed E-state index contributed by atoms with van der Waals surface area (Å²) < 4.78 is 6.09. The van der Waals surface area contributed by atoms with Gasteiger partial charge in [-0.3, -0.25) is 0 Å². The van der Waals surface area contributed by atoms with E-state index in [0.717, 1.165) is 18.6 Å². The Morgan fingerprint density at radius 3 is 2.68 bits per heavy atom. The van der Waals surface area contributed by atoms with Gasteiger partial charge in [-0.05, 0) is 31.4 Å². The van der Waals surface area contributed by atoms with E-state index in [2.05, 4.69) is 25.1 Å². The smallest absolute Gasteiger partial charge is 0.123 e. The van der Waals surface area contributed by atoms with Crippen molar-refractivity contribution in [3.63, 3.8) is 0 Å². The zero-order valence-corrected chi connectivity index (χ0v) is 12.0. The molecule has 1 aliphatic carbocycles. The van der Waals surface area contributed by atoms with Crippen LogP contribution in [0.2, 0.25) is 0 Å². The van der Waals surface area contributed by atoms with E-state index in [4.69, 9.17) is 10.5 Å². The molecule has 19 heavy (non-hydrogen) atoms. The highest BCUT2D eigenvalue weighted by Crippen LogP contribution is 2.35. The van der Waals surface area contributed by atoms with Crippen LogP contribution in [0.4, 0.5) is 0 Å². The van der Waals surface area contributed by atoms with Gasteiger partial charge in [0.05, 0.1) is 0 Å². The van der Waals surface area contributed by atoms with E-state index in [-0.39, 0.29) is 5.54 Å². The molecule has 2 nitrogen and oxygen atoms in total. The average Bonchev–Trinajstić information content (AvgIpc) is 2.61. The van der Waals surface area contributed by atoms with Crippen molar-refractivity contribution >= 4 is 0 Å². The fourth-order valence-corrected chi connectivity index (χ4v) is 3.65. The lowest BCUT2D eigenvalue weighted by Crippen LogP contribution is -2.43. The molecule has 0 saturated heterocycles. The highest BCUT2D eigenvalue weighted by atomic mass is 16.5. The van der Waals surface area contributed by atoms with Crippen LogP contribution in [0.1, 0.15) is 56.1 Å². The molecular formula is C17H25NO. The van der Waals surface area contributed by atoms with Crippen LogP contribution in [-0.2, 0) is 6.42 Å². The topological polar surface area (TPSA) is 35.2 Å². The zero-order chi connectivity index (χ0) is 13.3. The van der Waals surface area contributed by atoms with Crippen molar-refractivity contribution in [2.45, 2.75) is 69.9 Å². The fraction of sp³-hybridized carbons (Fsp3) is 0.647. The Kier molecular flexibility index (Phi) is 3.53. The summed E-state index contributed by atoms with van der Waals surface area (Å²) in [6.07, 6.45) is 9.96. The molecule has 0 amide bonds. The number of aryl methyl sites for hydroxylation is 1. The Hall–Kier alpha value is -1.02. The molecule has 1 heterocycles. The van der Waals surface area contributed by atoms with Crippen molar-refractivity contribution in [2.75, 3.05) is 0 Å². The van der Waals surface area contributed by atoms with Crippen LogP contribution in [0.25, 0.3) is 0 Å². The van der Waals surface area contributed by atoms with Gasteiger partial charge in [-0.15, -0.1) is 0 Å². The summed E-state index contributed by atoms with van der Waals surface area (Å²) in [5.74, 6) is 1.08. The van der Waals surface area contributed by atoms with E-state index in [9.17, 15) is 0 Å². The van der Waals surface area contributed by atoms with Crippen molar-refractivity contribution in [2.24, 2.45) is 5.73 Å². The van der Waals surface area contributed by atoms with Crippen molar-refractivity contribution in [1.29, 1.82) is 0 Å². The molecule has 0 aromatic heterocycles. The molecule has 104 valence electrons. The largest absolute Gasteiger partial charge is 0.490 e. The molecule has 1 aromatic carbocycles. The van der Waals surface area contributed by atoms with Crippen LogP contribution in [0.5, 0.6) is 5.75 Å². The predicted molar refractivity (Wildman–Crippen MR) is 78.5 cm³/mol. The Morgan fingerprint density at radius 1 is 1.21 bits per heavy atom. The number of hydrogen-bond donors (Lipinski definition) is 1. The number of fused-ring (bicyclic) bond motifs is 1. The number of rotatable bonds is 2.